The van der Waals surface area contributed by atoms with Gasteiger partial charge in [-0.25, -0.2) is 0 Å². The average molecular weight is 198 g/mol. The van der Waals surface area contributed by atoms with Crippen LogP contribution in [0, 0.1) is 11.8 Å². The van der Waals surface area contributed by atoms with E-state index in [1.165, 1.54) is 25.9 Å². The normalized spacial score (nSPS) is 19.3. The van der Waals surface area contributed by atoms with Gasteiger partial charge in [0.15, 0.2) is 0 Å². The minimum Gasteiger partial charge on any atom is -0.315 e. The van der Waals surface area contributed by atoms with Crippen molar-refractivity contribution in [3.8, 4) is 0 Å². The lowest BCUT2D eigenvalue weighted by atomic mass is 10.1. The summed E-state index contributed by atoms with van der Waals surface area (Å²) >= 11 is 0. The maximum atomic E-state index is 3.53. The molecule has 1 saturated carbocycles. The molecule has 0 saturated heterocycles. The predicted molar refractivity (Wildman–Crippen MR) is 62.5 cm³/mol. The summed E-state index contributed by atoms with van der Waals surface area (Å²) < 4.78 is 0. The van der Waals surface area contributed by atoms with E-state index in [1.807, 2.05) is 0 Å². The molecule has 1 N–H and O–H groups in total. The molecule has 1 fully saturated rings. The Labute approximate surface area is 89.1 Å². The fourth-order valence-corrected chi connectivity index (χ4v) is 1.60. The molecule has 0 heterocycles. The summed E-state index contributed by atoms with van der Waals surface area (Å²) in [4.78, 5) is 2.45. The number of rotatable bonds is 7. The van der Waals surface area contributed by atoms with E-state index in [9.17, 15) is 0 Å². The van der Waals surface area contributed by atoms with Crippen LogP contribution in [-0.4, -0.2) is 37.6 Å². The molecule has 1 unspecified atom stereocenters. The van der Waals surface area contributed by atoms with Crippen molar-refractivity contribution in [3.63, 3.8) is 0 Å². The second kappa shape index (κ2) is 5.72. The zero-order valence-electron chi connectivity index (χ0n) is 10.2. The van der Waals surface area contributed by atoms with Crippen LogP contribution in [0.15, 0.2) is 0 Å². The van der Waals surface area contributed by atoms with E-state index in [0.29, 0.717) is 6.04 Å². The van der Waals surface area contributed by atoms with Gasteiger partial charge in [-0.05, 0) is 45.2 Å². The van der Waals surface area contributed by atoms with Gasteiger partial charge in [0.05, 0.1) is 0 Å². The van der Waals surface area contributed by atoms with Crippen molar-refractivity contribution in [3.05, 3.63) is 0 Å². The molecule has 0 amide bonds. The number of hydrogen-bond acceptors (Lipinski definition) is 2. The quantitative estimate of drug-likeness (QED) is 0.629. The molecular formula is C12H26N2. The zero-order valence-corrected chi connectivity index (χ0v) is 10.2. The molecule has 1 aliphatic carbocycles. The van der Waals surface area contributed by atoms with Crippen LogP contribution in [0.1, 0.15) is 33.6 Å². The molecule has 1 rings (SSSR count). The second-order valence-electron chi connectivity index (χ2n) is 5.11. The molecule has 0 aromatic carbocycles. The predicted octanol–water partition coefficient (Wildman–Crippen LogP) is 1.96. The first kappa shape index (κ1) is 12.0. The van der Waals surface area contributed by atoms with Gasteiger partial charge in [0.1, 0.15) is 0 Å². The van der Waals surface area contributed by atoms with Gasteiger partial charge in [-0.1, -0.05) is 13.8 Å². The Morgan fingerprint density at radius 3 is 2.43 bits per heavy atom. The highest BCUT2D eigenvalue weighted by Crippen LogP contribution is 2.27. The topological polar surface area (TPSA) is 15.3 Å². The first-order valence-corrected chi connectivity index (χ1v) is 6.02. The van der Waals surface area contributed by atoms with E-state index in [-0.39, 0.29) is 0 Å². The van der Waals surface area contributed by atoms with Crippen molar-refractivity contribution in [1.29, 1.82) is 0 Å². The third-order valence-corrected chi connectivity index (χ3v) is 3.43. The highest BCUT2D eigenvalue weighted by atomic mass is 15.1. The molecule has 0 aromatic heterocycles. The summed E-state index contributed by atoms with van der Waals surface area (Å²) in [5, 5.41) is 3.53. The van der Waals surface area contributed by atoms with Gasteiger partial charge < -0.3 is 10.2 Å². The minimum atomic E-state index is 0.692. The van der Waals surface area contributed by atoms with Crippen molar-refractivity contribution >= 4 is 0 Å². The number of nitrogens with zero attached hydrogens (tertiary/aromatic N) is 1. The third-order valence-electron chi connectivity index (χ3n) is 3.43. The Hall–Kier alpha value is -0.0800. The van der Waals surface area contributed by atoms with Gasteiger partial charge in [0.25, 0.3) is 0 Å². The van der Waals surface area contributed by atoms with Gasteiger partial charge in [-0.15, -0.1) is 0 Å². The molecule has 2 nitrogen and oxygen atoms in total. The Bertz CT molecular complexity index is 152. The third kappa shape index (κ3) is 4.43. The molecule has 1 atom stereocenters. The van der Waals surface area contributed by atoms with Crippen LogP contribution in [0.3, 0.4) is 0 Å². The fraction of sp³-hybridized carbons (Fsp3) is 1.00. The smallest absolute Gasteiger partial charge is 0.0107 e. The van der Waals surface area contributed by atoms with Crippen LogP contribution in [0.25, 0.3) is 0 Å². The highest BCUT2D eigenvalue weighted by molar-refractivity contribution is 4.75. The van der Waals surface area contributed by atoms with E-state index in [1.54, 1.807) is 0 Å². The van der Waals surface area contributed by atoms with Crippen molar-refractivity contribution in [1.82, 2.24) is 10.2 Å². The standard InChI is InChI=1S/C12H26N2/c1-10(2)11(3)14(4)8-7-13-9-12-5-6-12/h10-13H,5-9H2,1-4H3. The van der Waals surface area contributed by atoms with Crippen molar-refractivity contribution in [2.24, 2.45) is 11.8 Å². The van der Waals surface area contributed by atoms with E-state index in [4.69, 9.17) is 0 Å². The van der Waals surface area contributed by atoms with Gasteiger partial charge in [-0.3, -0.25) is 0 Å². The molecule has 0 aliphatic heterocycles. The van der Waals surface area contributed by atoms with Gasteiger partial charge in [0, 0.05) is 19.1 Å². The highest BCUT2D eigenvalue weighted by Gasteiger charge is 2.20. The van der Waals surface area contributed by atoms with Crippen molar-refractivity contribution < 1.29 is 0 Å². The van der Waals surface area contributed by atoms with Crippen LogP contribution in [0.4, 0.5) is 0 Å². The van der Waals surface area contributed by atoms with Crippen LogP contribution < -0.4 is 5.32 Å². The zero-order chi connectivity index (χ0) is 10.6. The molecule has 0 spiro atoms. The fourth-order valence-electron chi connectivity index (χ4n) is 1.60. The van der Waals surface area contributed by atoms with E-state index in [2.05, 4.69) is 38.0 Å². The SMILES string of the molecule is CC(C)C(C)N(C)CCNCC1CC1. The van der Waals surface area contributed by atoms with Crippen molar-refractivity contribution in [2.75, 3.05) is 26.7 Å². The molecule has 0 bridgehead atoms. The number of hydrogen-bond donors (Lipinski definition) is 1. The van der Waals surface area contributed by atoms with Gasteiger partial charge in [-0.2, -0.15) is 0 Å². The average Bonchev–Trinajstić information content (AvgIpc) is 2.94. The molecule has 2 heteroatoms. The van der Waals surface area contributed by atoms with Crippen molar-refractivity contribution in [2.45, 2.75) is 39.7 Å². The summed E-state index contributed by atoms with van der Waals surface area (Å²) in [6.07, 6.45) is 2.90. The van der Waals surface area contributed by atoms with Crippen LogP contribution in [0.5, 0.6) is 0 Å². The molecule has 14 heavy (non-hydrogen) atoms. The Morgan fingerprint density at radius 2 is 1.93 bits per heavy atom. The van der Waals surface area contributed by atoms with Gasteiger partial charge >= 0.3 is 0 Å². The van der Waals surface area contributed by atoms with E-state index < -0.39 is 0 Å². The molecule has 84 valence electrons. The van der Waals surface area contributed by atoms with Crippen LogP contribution in [0.2, 0.25) is 0 Å². The Kier molecular flexibility index (Phi) is 4.90. The maximum absolute atomic E-state index is 3.53. The second-order valence-corrected chi connectivity index (χ2v) is 5.11. The summed E-state index contributed by atoms with van der Waals surface area (Å²) in [6.45, 7) is 10.4. The summed E-state index contributed by atoms with van der Waals surface area (Å²) in [5.41, 5.74) is 0. The first-order chi connectivity index (χ1) is 6.61. The van der Waals surface area contributed by atoms with E-state index >= 15 is 0 Å². The van der Waals surface area contributed by atoms with Crippen LogP contribution >= 0.6 is 0 Å². The van der Waals surface area contributed by atoms with E-state index in [0.717, 1.165) is 18.4 Å². The van der Waals surface area contributed by atoms with Gasteiger partial charge in [0.2, 0.25) is 0 Å². The minimum absolute atomic E-state index is 0.692. The number of likely N-dealkylation sites (N-methyl/N-ethyl adjacent to an activating group) is 1. The number of nitrogens with one attached hydrogen (secondary N) is 1. The molecule has 1 aliphatic rings. The lowest BCUT2D eigenvalue weighted by molar-refractivity contribution is 0.208. The Balaban J connectivity index is 1.98. The Morgan fingerprint density at radius 1 is 1.29 bits per heavy atom. The molecule has 0 aromatic rings. The molecular weight excluding hydrogens is 172 g/mol. The summed E-state index contributed by atoms with van der Waals surface area (Å²) in [7, 11) is 2.23. The maximum Gasteiger partial charge on any atom is 0.0107 e. The molecule has 0 radical (unpaired) electrons. The largest absolute Gasteiger partial charge is 0.315 e. The van der Waals surface area contributed by atoms with Crippen LogP contribution in [-0.2, 0) is 0 Å². The lowest BCUT2D eigenvalue weighted by Gasteiger charge is -2.27. The lowest BCUT2D eigenvalue weighted by Crippen LogP contribution is -2.38. The monoisotopic (exact) mass is 198 g/mol. The summed E-state index contributed by atoms with van der Waals surface area (Å²) in [5.74, 6) is 1.76. The first-order valence-electron chi connectivity index (χ1n) is 6.02. The summed E-state index contributed by atoms with van der Waals surface area (Å²) in [6, 6.07) is 0.692.